The molecule has 0 heterocycles. The maximum absolute atomic E-state index is 12.1. The van der Waals surface area contributed by atoms with Crippen LogP contribution < -0.4 is 10.6 Å². The molecule has 0 aromatic carbocycles. The minimum Gasteiger partial charge on any atom is -0.446 e. The molecule has 0 spiro atoms. The Morgan fingerprint density at radius 3 is 1.42 bits per heavy atom. The summed E-state index contributed by atoms with van der Waals surface area (Å²) in [6.45, 7) is 13.3. The van der Waals surface area contributed by atoms with Crippen LogP contribution >= 0.6 is 0 Å². The van der Waals surface area contributed by atoms with Gasteiger partial charge in [-0.2, -0.15) is 0 Å². The Morgan fingerprint density at radius 2 is 1.08 bits per heavy atom. The van der Waals surface area contributed by atoms with Crippen LogP contribution in [0.5, 0.6) is 0 Å². The van der Waals surface area contributed by atoms with E-state index in [4.69, 9.17) is 9.47 Å². The van der Waals surface area contributed by atoms with Crippen molar-refractivity contribution in [2.75, 3.05) is 26.3 Å². The van der Waals surface area contributed by atoms with Gasteiger partial charge in [0.05, 0.1) is 12.1 Å². The molecule has 0 bridgehead atoms. The third-order valence-electron chi connectivity index (χ3n) is 7.18. The molecule has 2 amide bonds. The highest BCUT2D eigenvalue weighted by Gasteiger charge is 2.42. The predicted molar refractivity (Wildman–Crippen MR) is 134 cm³/mol. The number of aliphatic imine (C=N–C) groups is 2. The van der Waals surface area contributed by atoms with Gasteiger partial charge in [-0.15, -0.1) is 0 Å². The number of alkyl carbamates (subject to hydrolysis) is 2. The number of carbonyl (C=O) groups is 2. The molecule has 0 radical (unpaired) electrons. The number of nitrogens with zero attached hydrogens (tertiary/aromatic N) is 2. The van der Waals surface area contributed by atoms with Crippen LogP contribution in [0.3, 0.4) is 0 Å². The van der Waals surface area contributed by atoms with Crippen molar-refractivity contribution in [3.63, 3.8) is 0 Å². The van der Waals surface area contributed by atoms with Crippen LogP contribution in [0.4, 0.5) is 9.59 Å². The smallest absolute Gasteiger partial charge is 0.407 e. The summed E-state index contributed by atoms with van der Waals surface area (Å²) in [7, 11) is 0. The number of rotatable bonds is 9. The van der Waals surface area contributed by atoms with E-state index in [1.807, 2.05) is 0 Å². The molecule has 202 valence electrons. The van der Waals surface area contributed by atoms with Gasteiger partial charge in [0.15, 0.2) is 0 Å². The van der Waals surface area contributed by atoms with Crippen LogP contribution in [0.2, 0.25) is 0 Å². The Kier molecular flexibility index (Phi) is 9.86. The first-order valence-electron chi connectivity index (χ1n) is 12.6. The van der Waals surface area contributed by atoms with Crippen molar-refractivity contribution in [3.05, 3.63) is 0 Å². The van der Waals surface area contributed by atoms with Crippen molar-refractivity contribution >= 4 is 24.3 Å². The van der Waals surface area contributed by atoms with E-state index in [1.165, 1.54) is 0 Å². The van der Waals surface area contributed by atoms with Crippen molar-refractivity contribution in [1.82, 2.24) is 10.6 Å². The van der Waals surface area contributed by atoms with E-state index < -0.39 is 12.2 Å². The summed E-state index contributed by atoms with van der Waals surface area (Å²) in [4.78, 5) is 53.6. The standard InChI is InChI=1S/C26H42N4O6/c1-23(2)9-19(29-17-31)11-25(5,13-23)15-27-21(33)35-7-8-36-22(34)28-16-26(6)12-20(30-18-32)10-24(3,4)14-26/h19-20H,7-16H2,1-6H3,(H,27,33)(H,28,34). The molecule has 2 aliphatic rings. The molecule has 2 saturated carbocycles. The lowest BCUT2D eigenvalue weighted by atomic mass is 9.62. The second-order valence-corrected chi connectivity index (χ2v) is 12.8. The van der Waals surface area contributed by atoms with Gasteiger partial charge in [0.1, 0.15) is 13.2 Å². The van der Waals surface area contributed by atoms with Crippen molar-refractivity contribution in [2.24, 2.45) is 31.6 Å². The molecule has 0 saturated heterocycles. The molecule has 0 aliphatic heterocycles. The van der Waals surface area contributed by atoms with Crippen LogP contribution in [-0.4, -0.2) is 62.7 Å². The van der Waals surface area contributed by atoms with Crippen LogP contribution in [0, 0.1) is 21.7 Å². The number of hydrogen-bond donors (Lipinski definition) is 2. The minimum atomic E-state index is -0.585. The lowest BCUT2D eigenvalue weighted by Crippen LogP contribution is -2.45. The maximum atomic E-state index is 12.1. The van der Waals surface area contributed by atoms with Gasteiger partial charge in [-0.25, -0.2) is 29.2 Å². The summed E-state index contributed by atoms with van der Waals surface area (Å²) in [5.74, 6) is 0. The van der Waals surface area contributed by atoms with Crippen molar-refractivity contribution < 1.29 is 28.7 Å². The zero-order valence-electron chi connectivity index (χ0n) is 22.6. The fourth-order valence-corrected chi connectivity index (χ4v) is 6.70. The summed E-state index contributed by atoms with van der Waals surface area (Å²) in [5.41, 5.74) is -0.445. The Labute approximate surface area is 214 Å². The molecule has 10 heteroatoms. The molecule has 0 aromatic heterocycles. The van der Waals surface area contributed by atoms with Crippen molar-refractivity contribution in [1.29, 1.82) is 0 Å². The number of hydrogen-bond acceptors (Lipinski definition) is 8. The van der Waals surface area contributed by atoms with E-state index in [2.05, 4.69) is 62.2 Å². The molecule has 2 fully saturated rings. The molecular formula is C26H42N4O6. The molecule has 4 unspecified atom stereocenters. The summed E-state index contributed by atoms with van der Waals surface area (Å²) >= 11 is 0. The molecule has 36 heavy (non-hydrogen) atoms. The number of ether oxygens (including phenoxy) is 2. The SMILES string of the molecule is CC1(C)CC(N=C=O)CC(C)(CNC(=O)OCCOC(=O)NCC2(C)CC(N=C=O)CC(C)(C)C2)C1. The van der Waals surface area contributed by atoms with E-state index in [1.54, 1.807) is 12.2 Å². The monoisotopic (exact) mass is 506 g/mol. The number of nitrogens with one attached hydrogen (secondary N) is 2. The fourth-order valence-electron chi connectivity index (χ4n) is 6.70. The molecule has 4 atom stereocenters. The van der Waals surface area contributed by atoms with Crippen LogP contribution in [0.25, 0.3) is 0 Å². The Hall–Kier alpha value is -2.70. The largest absolute Gasteiger partial charge is 0.446 e. The second kappa shape index (κ2) is 12.0. The topological polar surface area (TPSA) is 136 Å². The lowest BCUT2D eigenvalue weighted by molar-refractivity contribution is 0.0671. The van der Waals surface area contributed by atoms with Gasteiger partial charge in [0.25, 0.3) is 0 Å². The van der Waals surface area contributed by atoms with E-state index >= 15 is 0 Å². The Balaban J connectivity index is 1.70. The molecule has 2 N–H and O–H groups in total. The van der Waals surface area contributed by atoms with E-state index in [-0.39, 0.29) is 47.0 Å². The van der Waals surface area contributed by atoms with Crippen molar-refractivity contribution in [3.8, 4) is 0 Å². The maximum Gasteiger partial charge on any atom is 0.407 e. The van der Waals surface area contributed by atoms with Gasteiger partial charge in [0, 0.05) is 13.1 Å². The minimum absolute atomic E-state index is 0.00213. The molecule has 2 aliphatic carbocycles. The van der Waals surface area contributed by atoms with Crippen LogP contribution in [0.15, 0.2) is 9.98 Å². The first-order valence-corrected chi connectivity index (χ1v) is 12.6. The average molecular weight is 507 g/mol. The first-order chi connectivity index (χ1) is 16.7. The molecule has 2 rings (SSSR count). The zero-order chi connectivity index (χ0) is 27.0. The molecule has 10 nitrogen and oxygen atoms in total. The molecular weight excluding hydrogens is 464 g/mol. The number of amides is 2. The summed E-state index contributed by atoms with van der Waals surface area (Å²) in [6.07, 6.45) is 6.91. The number of carbonyl (C=O) groups excluding carboxylic acids is 4. The number of isocyanates is 2. The Bertz CT molecular complexity index is 821. The fraction of sp³-hybridized carbons (Fsp3) is 0.846. The summed E-state index contributed by atoms with van der Waals surface area (Å²) in [6, 6.07) is -0.210. The van der Waals surface area contributed by atoms with E-state index in [0.29, 0.717) is 25.9 Å². The van der Waals surface area contributed by atoms with Crippen LogP contribution in [0.1, 0.15) is 80.1 Å². The Morgan fingerprint density at radius 1 is 0.722 bits per heavy atom. The average Bonchev–Trinajstić information content (AvgIpc) is 2.72. The highest BCUT2D eigenvalue weighted by molar-refractivity contribution is 5.68. The van der Waals surface area contributed by atoms with E-state index in [0.717, 1.165) is 25.7 Å². The zero-order valence-corrected chi connectivity index (χ0v) is 22.6. The summed E-state index contributed by atoms with van der Waals surface area (Å²) in [5, 5.41) is 5.57. The van der Waals surface area contributed by atoms with Gasteiger partial charge in [-0.05, 0) is 60.2 Å². The van der Waals surface area contributed by atoms with Crippen molar-refractivity contribution in [2.45, 2.75) is 92.2 Å². The lowest BCUT2D eigenvalue weighted by Gasteiger charge is -2.45. The van der Waals surface area contributed by atoms with Gasteiger partial charge in [-0.1, -0.05) is 41.5 Å². The normalized spacial score (nSPS) is 30.6. The van der Waals surface area contributed by atoms with Gasteiger partial charge < -0.3 is 20.1 Å². The second-order valence-electron chi connectivity index (χ2n) is 12.8. The van der Waals surface area contributed by atoms with Gasteiger partial charge >= 0.3 is 12.2 Å². The van der Waals surface area contributed by atoms with Gasteiger partial charge in [-0.3, -0.25) is 0 Å². The predicted octanol–water partition coefficient (Wildman–Crippen LogP) is 4.28. The van der Waals surface area contributed by atoms with Gasteiger partial charge in [0.2, 0.25) is 12.2 Å². The summed E-state index contributed by atoms with van der Waals surface area (Å²) < 4.78 is 10.3. The third kappa shape index (κ3) is 9.75. The highest BCUT2D eigenvalue weighted by atomic mass is 16.6. The highest BCUT2D eigenvalue weighted by Crippen LogP contribution is 2.47. The van der Waals surface area contributed by atoms with Crippen LogP contribution in [-0.2, 0) is 19.1 Å². The molecule has 0 aromatic rings. The first kappa shape index (κ1) is 29.5. The van der Waals surface area contributed by atoms with E-state index in [9.17, 15) is 19.2 Å². The quantitative estimate of drug-likeness (QED) is 0.272. The third-order valence-corrected chi connectivity index (χ3v) is 7.18.